The van der Waals surface area contributed by atoms with E-state index in [1.807, 2.05) is 18.2 Å². The van der Waals surface area contributed by atoms with Gasteiger partial charge in [0.2, 0.25) is 5.91 Å². The number of carboxylic acids is 1. The summed E-state index contributed by atoms with van der Waals surface area (Å²) in [7, 11) is 0. The Morgan fingerprint density at radius 2 is 2.05 bits per heavy atom. The molecule has 2 rings (SSSR count). The highest BCUT2D eigenvalue weighted by Gasteiger charge is 2.29. The molecule has 0 spiro atoms. The smallest absolute Gasteiger partial charge is 0.320 e. The van der Waals surface area contributed by atoms with Crippen LogP contribution in [0.4, 0.5) is 0 Å². The van der Waals surface area contributed by atoms with Crippen molar-refractivity contribution in [1.82, 2.24) is 10.6 Å². The Bertz CT molecular complexity index is 461. The predicted molar refractivity (Wildman–Crippen MR) is 75.4 cm³/mol. The summed E-state index contributed by atoms with van der Waals surface area (Å²) < 4.78 is 0. The van der Waals surface area contributed by atoms with Crippen molar-refractivity contribution >= 4 is 11.9 Å². The Balaban J connectivity index is 1.65. The number of aliphatic carboxylic acids is 1. The first-order chi connectivity index (χ1) is 9.65. The number of rotatable bonds is 6. The van der Waals surface area contributed by atoms with Gasteiger partial charge in [-0.05, 0) is 24.8 Å². The van der Waals surface area contributed by atoms with Crippen LogP contribution >= 0.6 is 0 Å². The highest BCUT2D eigenvalue weighted by atomic mass is 16.4. The zero-order valence-corrected chi connectivity index (χ0v) is 11.3. The molecule has 3 N–H and O–H groups in total. The first-order valence-corrected chi connectivity index (χ1v) is 6.94. The molecule has 2 atom stereocenters. The summed E-state index contributed by atoms with van der Waals surface area (Å²) in [4.78, 5) is 22.6. The van der Waals surface area contributed by atoms with E-state index in [4.69, 9.17) is 5.11 Å². The molecule has 1 fully saturated rings. The molecule has 5 heteroatoms. The maximum absolute atomic E-state index is 11.8. The maximum atomic E-state index is 11.8. The molecule has 1 aromatic carbocycles. The van der Waals surface area contributed by atoms with Crippen molar-refractivity contribution < 1.29 is 14.7 Å². The SMILES string of the molecule is O=C(CCCc1ccccc1)NC1CN[C@H](C(=O)O)C1. The Labute approximate surface area is 118 Å². The molecule has 1 aliphatic rings. The second kappa shape index (κ2) is 7.05. The summed E-state index contributed by atoms with van der Waals surface area (Å²) in [5.41, 5.74) is 1.23. The highest BCUT2D eigenvalue weighted by Crippen LogP contribution is 2.08. The fraction of sp³-hybridized carbons (Fsp3) is 0.467. The maximum Gasteiger partial charge on any atom is 0.320 e. The second-order valence-corrected chi connectivity index (χ2v) is 5.14. The summed E-state index contributed by atoms with van der Waals surface area (Å²) in [6.45, 7) is 0.529. The van der Waals surface area contributed by atoms with Crippen LogP contribution < -0.4 is 10.6 Å². The predicted octanol–water partition coefficient (Wildman–Crippen LogP) is 0.941. The highest BCUT2D eigenvalue weighted by molar-refractivity contribution is 5.77. The van der Waals surface area contributed by atoms with Crippen LogP contribution in [0.3, 0.4) is 0 Å². The van der Waals surface area contributed by atoms with E-state index in [0.717, 1.165) is 12.8 Å². The van der Waals surface area contributed by atoms with Crippen LogP contribution in [0, 0.1) is 0 Å². The van der Waals surface area contributed by atoms with Gasteiger partial charge in [0, 0.05) is 19.0 Å². The topological polar surface area (TPSA) is 78.4 Å². The van der Waals surface area contributed by atoms with Crippen molar-refractivity contribution in [2.45, 2.75) is 37.8 Å². The fourth-order valence-electron chi connectivity index (χ4n) is 2.43. The van der Waals surface area contributed by atoms with E-state index < -0.39 is 12.0 Å². The number of aryl methyl sites for hydroxylation is 1. The van der Waals surface area contributed by atoms with Gasteiger partial charge in [-0.25, -0.2) is 0 Å². The van der Waals surface area contributed by atoms with Gasteiger partial charge in [0.05, 0.1) is 0 Å². The van der Waals surface area contributed by atoms with Crippen molar-refractivity contribution in [3.8, 4) is 0 Å². The van der Waals surface area contributed by atoms with Gasteiger partial charge in [-0.2, -0.15) is 0 Å². The van der Waals surface area contributed by atoms with Crippen LogP contribution in [0.1, 0.15) is 24.8 Å². The molecule has 0 radical (unpaired) electrons. The van der Waals surface area contributed by atoms with Gasteiger partial charge in [-0.3, -0.25) is 9.59 Å². The lowest BCUT2D eigenvalue weighted by Gasteiger charge is -2.11. The molecule has 108 valence electrons. The summed E-state index contributed by atoms with van der Waals surface area (Å²) in [6.07, 6.45) is 2.62. The summed E-state index contributed by atoms with van der Waals surface area (Å²) in [6, 6.07) is 9.45. The van der Waals surface area contributed by atoms with Crippen molar-refractivity contribution in [2.24, 2.45) is 0 Å². The Hall–Kier alpha value is -1.88. The molecule has 1 amide bonds. The molecule has 0 aromatic heterocycles. The van der Waals surface area contributed by atoms with Crippen LogP contribution in [0.2, 0.25) is 0 Å². The van der Waals surface area contributed by atoms with E-state index in [-0.39, 0.29) is 11.9 Å². The van der Waals surface area contributed by atoms with E-state index >= 15 is 0 Å². The minimum Gasteiger partial charge on any atom is -0.480 e. The van der Waals surface area contributed by atoms with Crippen molar-refractivity contribution in [3.05, 3.63) is 35.9 Å². The molecule has 1 saturated heterocycles. The molecule has 0 saturated carbocycles. The minimum absolute atomic E-state index is 0.00114. The third kappa shape index (κ3) is 4.35. The van der Waals surface area contributed by atoms with Crippen molar-refractivity contribution in [2.75, 3.05) is 6.54 Å². The molecule has 1 aliphatic heterocycles. The molecule has 1 heterocycles. The van der Waals surface area contributed by atoms with Crippen LogP contribution in [0.25, 0.3) is 0 Å². The van der Waals surface area contributed by atoms with Gasteiger partial charge in [0.1, 0.15) is 6.04 Å². The number of carbonyl (C=O) groups is 2. The van der Waals surface area contributed by atoms with E-state index in [0.29, 0.717) is 19.4 Å². The number of carbonyl (C=O) groups excluding carboxylic acids is 1. The van der Waals surface area contributed by atoms with Gasteiger partial charge in [-0.1, -0.05) is 30.3 Å². The average Bonchev–Trinajstić information content (AvgIpc) is 2.88. The van der Waals surface area contributed by atoms with E-state index in [1.54, 1.807) is 0 Å². The Kier molecular flexibility index (Phi) is 5.12. The summed E-state index contributed by atoms with van der Waals surface area (Å²) >= 11 is 0. The lowest BCUT2D eigenvalue weighted by atomic mass is 10.1. The minimum atomic E-state index is -0.856. The third-order valence-electron chi connectivity index (χ3n) is 3.51. The van der Waals surface area contributed by atoms with Gasteiger partial charge >= 0.3 is 5.97 Å². The number of carboxylic acid groups (broad SMARTS) is 1. The molecule has 0 aliphatic carbocycles. The largest absolute Gasteiger partial charge is 0.480 e. The summed E-state index contributed by atoms with van der Waals surface area (Å²) in [5, 5.41) is 14.6. The van der Waals surface area contributed by atoms with Crippen molar-refractivity contribution in [1.29, 1.82) is 0 Å². The second-order valence-electron chi connectivity index (χ2n) is 5.14. The van der Waals surface area contributed by atoms with Gasteiger partial charge in [-0.15, -0.1) is 0 Å². The summed E-state index contributed by atoms with van der Waals surface area (Å²) in [5.74, 6) is -0.857. The Morgan fingerprint density at radius 3 is 2.70 bits per heavy atom. The molecule has 20 heavy (non-hydrogen) atoms. The van der Waals surface area contributed by atoms with Gasteiger partial charge in [0.15, 0.2) is 0 Å². The molecular weight excluding hydrogens is 256 g/mol. The molecule has 1 aromatic rings. The van der Waals surface area contributed by atoms with Crippen LogP contribution in [0.5, 0.6) is 0 Å². The zero-order valence-electron chi connectivity index (χ0n) is 11.3. The first-order valence-electron chi connectivity index (χ1n) is 6.94. The number of nitrogens with one attached hydrogen (secondary N) is 2. The standard InChI is InChI=1S/C15H20N2O3/c18-14(8-4-7-11-5-2-1-3-6-11)17-12-9-13(15(19)20)16-10-12/h1-3,5-6,12-13,16H,4,7-10H2,(H,17,18)(H,19,20)/t12?,13-/m0/s1. The fourth-order valence-corrected chi connectivity index (χ4v) is 2.43. The van der Waals surface area contributed by atoms with Crippen LogP contribution in [-0.4, -0.2) is 35.6 Å². The van der Waals surface area contributed by atoms with E-state index in [9.17, 15) is 9.59 Å². The average molecular weight is 276 g/mol. The van der Waals surface area contributed by atoms with Crippen molar-refractivity contribution in [3.63, 3.8) is 0 Å². The Morgan fingerprint density at radius 1 is 1.30 bits per heavy atom. The van der Waals surface area contributed by atoms with Gasteiger partial charge < -0.3 is 15.7 Å². The molecular formula is C15H20N2O3. The zero-order chi connectivity index (χ0) is 14.4. The monoisotopic (exact) mass is 276 g/mol. The normalized spacial score (nSPS) is 21.6. The van der Waals surface area contributed by atoms with Crippen LogP contribution in [-0.2, 0) is 16.0 Å². The van der Waals surface area contributed by atoms with Crippen LogP contribution in [0.15, 0.2) is 30.3 Å². The number of hydrogen-bond acceptors (Lipinski definition) is 3. The number of benzene rings is 1. The number of amides is 1. The molecule has 0 bridgehead atoms. The lowest BCUT2D eigenvalue weighted by Crippen LogP contribution is -2.36. The molecule has 5 nitrogen and oxygen atoms in total. The quantitative estimate of drug-likeness (QED) is 0.722. The van der Waals surface area contributed by atoms with Gasteiger partial charge in [0.25, 0.3) is 0 Å². The van der Waals surface area contributed by atoms with E-state index in [2.05, 4.69) is 22.8 Å². The van der Waals surface area contributed by atoms with E-state index in [1.165, 1.54) is 5.56 Å². The third-order valence-corrected chi connectivity index (χ3v) is 3.51. The molecule has 1 unspecified atom stereocenters. The lowest BCUT2D eigenvalue weighted by molar-refractivity contribution is -0.139. The first kappa shape index (κ1) is 14.5. The number of hydrogen-bond donors (Lipinski definition) is 3.